The maximum absolute atomic E-state index is 11.7. The summed E-state index contributed by atoms with van der Waals surface area (Å²) < 4.78 is 29.2. The van der Waals surface area contributed by atoms with Crippen molar-refractivity contribution >= 4 is 16.1 Å². The highest BCUT2D eigenvalue weighted by atomic mass is 32.2. The number of hydrogen-bond acceptors (Lipinski definition) is 4. The minimum Gasteiger partial charge on any atom is -0.481 e. The summed E-state index contributed by atoms with van der Waals surface area (Å²) >= 11 is 0. The van der Waals surface area contributed by atoms with Gasteiger partial charge in [0.1, 0.15) is 0 Å². The average Bonchev–Trinajstić information content (AvgIpc) is 2.80. The Morgan fingerprint density at radius 3 is 2.29 bits per heavy atom. The maximum Gasteiger partial charge on any atom is 0.307 e. The summed E-state index contributed by atoms with van der Waals surface area (Å²) in [6.45, 7) is 4.66. The van der Waals surface area contributed by atoms with Crippen molar-refractivity contribution in [3.05, 3.63) is 30.3 Å². The molecule has 0 heterocycles. The first kappa shape index (κ1) is 21.3. The summed E-state index contributed by atoms with van der Waals surface area (Å²) in [7, 11) is -4.00. The topological polar surface area (TPSA) is 118 Å². The Kier molecular flexibility index (Phi) is 5.90. The lowest BCUT2D eigenvalue weighted by Gasteiger charge is -2.63. The van der Waals surface area contributed by atoms with Crippen LogP contribution < -0.4 is 5.73 Å². The molecule has 4 N–H and O–H groups in total. The number of rotatable bonds is 5. The third kappa shape index (κ3) is 3.48. The minimum atomic E-state index is -4.00. The number of fused-ring (bicyclic) bond motifs is 1. The van der Waals surface area contributed by atoms with Crippen LogP contribution in [0.5, 0.6) is 0 Å². The van der Waals surface area contributed by atoms with Crippen LogP contribution in [0, 0.1) is 40.9 Å². The van der Waals surface area contributed by atoms with Crippen molar-refractivity contribution in [3.8, 4) is 0 Å². The van der Waals surface area contributed by atoms with Gasteiger partial charge >= 0.3 is 5.97 Å². The molecule has 6 atom stereocenters. The average molecular weight is 410 g/mol. The van der Waals surface area contributed by atoms with E-state index in [4.69, 9.17) is 10.3 Å². The number of benzene rings is 1. The van der Waals surface area contributed by atoms with Gasteiger partial charge in [-0.1, -0.05) is 38.5 Å². The fraction of sp³-hybridized carbons (Fsp3) is 0.667. The predicted molar refractivity (Wildman–Crippen MR) is 106 cm³/mol. The molecule has 156 valence electrons. The molecule has 0 aromatic heterocycles. The Bertz CT molecular complexity index is 801. The zero-order valence-corrected chi connectivity index (χ0v) is 17.3. The quantitative estimate of drug-likeness (QED) is 0.642. The molecule has 1 aromatic rings. The first-order valence-electron chi connectivity index (χ1n) is 10.1. The number of nitrogens with two attached hydrogens (primary N) is 1. The van der Waals surface area contributed by atoms with Gasteiger partial charge in [0.05, 0.1) is 10.8 Å². The van der Waals surface area contributed by atoms with Crippen LogP contribution in [-0.2, 0) is 14.9 Å². The highest BCUT2D eigenvalue weighted by Gasteiger charge is 2.69. The summed E-state index contributed by atoms with van der Waals surface area (Å²) in [5.74, 6) is 2.18. The van der Waals surface area contributed by atoms with E-state index in [1.807, 2.05) is 13.8 Å². The van der Waals surface area contributed by atoms with Crippen molar-refractivity contribution in [3.63, 3.8) is 0 Å². The molecular formula is C21H31NO5S. The zero-order chi connectivity index (χ0) is 20.7. The Balaban J connectivity index is 0.000000192. The molecule has 3 aliphatic rings. The van der Waals surface area contributed by atoms with E-state index in [1.54, 1.807) is 18.2 Å². The Hall–Kier alpha value is -1.44. The van der Waals surface area contributed by atoms with Crippen LogP contribution in [-0.4, -0.2) is 30.6 Å². The standard InChI is InChI=1S/C15H25NO2.C6H6O3S/c1-8(2)13(14(17)18)15(7-16)11-4-3-9-5-10(11)12(15)6-9;7-10(8,9)6-4-2-1-3-5-6/h8-13H,3-7,16H2,1-2H3,(H,17,18);1-5H,(H,7,8,9)/t9-,10-,11+,12-,13?,15+;/m1./s1. The van der Waals surface area contributed by atoms with Crippen molar-refractivity contribution < 1.29 is 22.9 Å². The number of carbonyl (C=O) groups is 1. The Morgan fingerprint density at radius 1 is 1.18 bits per heavy atom. The monoisotopic (exact) mass is 409 g/mol. The summed E-state index contributed by atoms with van der Waals surface area (Å²) in [6.07, 6.45) is 5.12. The highest BCUT2D eigenvalue weighted by Crippen LogP contribution is 2.72. The van der Waals surface area contributed by atoms with Gasteiger partial charge in [0.15, 0.2) is 0 Å². The molecule has 0 aliphatic heterocycles. The van der Waals surface area contributed by atoms with E-state index in [0.29, 0.717) is 18.4 Å². The first-order chi connectivity index (χ1) is 13.1. The molecule has 0 radical (unpaired) electrons. The number of carboxylic acids is 1. The molecule has 4 rings (SSSR count). The molecular weight excluding hydrogens is 378 g/mol. The molecule has 7 heteroatoms. The second-order valence-corrected chi connectivity index (χ2v) is 10.4. The maximum atomic E-state index is 11.7. The van der Waals surface area contributed by atoms with Crippen molar-refractivity contribution in [1.82, 2.24) is 0 Å². The largest absolute Gasteiger partial charge is 0.481 e. The van der Waals surface area contributed by atoms with E-state index >= 15 is 0 Å². The normalized spacial score (nSPS) is 34.2. The van der Waals surface area contributed by atoms with Crippen LogP contribution >= 0.6 is 0 Å². The predicted octanol–water partition coefficient (Wildman–Crippen LogP) is 3.29. The third-order valence-electron chi connectivity index (χ3n) is 7.40. The number of aliphatic carboxylic acids is 1. The smallest absolute Gasteiger partial charge is 0.307 e. The van der Waals surface area contributed by atoms with Gasteiger partial charge < -0.3 is 10.8 Å². The molecule has 3 fully saturated rings. The van der Waals surface area contributed by atoms with E-state index < -0.39 is 16.1 Å². The van der Waals surface area contributed by atoms with E-state index in [-0.39, 0.29) is 22.1 Å². The van der Waals surface area contributed by atoms with Gasteiger partial charge in [0, 0.05) is 5.41 Å². The van der Waals surface area contributed by atoms with Gasteiger partial charge in [-0.25, -0.2) is 0 Å². The van der Waals surface area contributed by atoms with E-state index in [0.717, 1.165) is 11.8 Å². The van der Waals surface area contributed by atoms with E-state index in [1.165, 1.54) is 37.8 Å². The van der Waals surface area contributed by atoms with Crippen LogP contribution in [0.25, 0.3) is 0 Å². The summed E-state index contributed by atoms with van der Waals surface area (Å²) in [5, 5.41) is 9.67. The lowest BCUT2D eigenvalue weighted by Crippen LogP contribution is -2.64. The SMILES string of the molecule is CC(C)C(C(=O)O)[C@]1(CN)[C@@H]2C[C@@H]3CC[C@H]1[C@H]2C3.O=S(=O)(O)c1ccccc1. The van der Waals surface area contributed by atoms with Crippen LogP contribution in [0.15, 0.2) is 35.2 Å². The van der Waals surface area contributed by atoms with Gasteiger partial charge in [0.25, 0.3) is 10.1 Å². The lowest BCUT2D eigenvalue weighted by atomic mass is 9.41. The molecule has 28 heavy (non-hydrogen) atoms. The van der Waals surface area contributed by atoms with Gasteiger partial charge in [-0.05, 0) is 67.5 Å². The second-order valence-electron chi connectivity index (χ2n) is 8.96. The molecule has 0 amide bonds. The van der Waals surface area contributed by atoms with Crippen molar-refractivity contribution in [2.45, 2.75) is 44.4 Å². The zero-order valence-electron chi connectivity index (χ0n) is 16.5. The number of carboxylic acid groups (broad SMARTS) is 1. The molecule has 2 bridgehead atoms. The molecule has 0 spiro atoms. The summed E-state index contributed by atoms with van der Waals surface area (Å²) in [6, 6.07) is 7.42. The van der Waals surface area contributed by atoms with Crippen molar-refractivity contribution in [2.75, 3.05) is 6.54 Å². The van der Waals surface area contributed by atoms with E-state index in [2.05, 4.69) is 0 Å². The summed E-state index contributed by atoms with van der Waals surface area (Å²) in [5.41, 5.74) is 6.04. The minimum absolute atomic E-state index is 0.0741. The molecule has 6 nitrogen and oxygen atoms in total. The van der Waals surface area contributed by atoms with Crippen molar-refractivity contribution in [2.24, 2.45) is 46.7 Å². The molecule has 0 saturated heterocycles. The van der Waals surface area contributed by atoms with Crippen LogP contribution in [0.1, 0.15) is 39.5 Å². The van der Waals surface area contributed by atoms with Gasteiger partial charge in [-0.15, -0.1) is 0 Å². The van der Waals surface area contributed by atoms with Crippen LogP contribution in [0.3, 0.4) is 0 Å². The van der Waals surface area contributed by atoms with Crippen LogP contribution in [0.2, 0.25) is 0 Å². The van der Waals surface area contributed by atoms with Crippen LogP contribution in [0.4, 0.5) is 0 Å². The summed E-state index contributed by atoms with van der Waals surface area (Å²) in [4.78, 5) is 11.7. The third-order valence-corrected chi connectivity index (χ3v) is 8.27. The Morgan fingerprint density at radius 2 is 1.82 bits per heavy atom. The Labute approximate surface area is 167 Å². The van der Waals surface area contributed by atoms with Gasteiger partial charge in [-0.2, -0.15) is 8.42 Å². The molecule has 3 saturated carbocycles. The highest BCUT2D eigenvalue weighted by molar-refractivity contribution is 7.85. The second kappa shape index (κ2) is 7.76. The molecule has 1 unspecified atom stereocenters. The lowest BCUT2D eigenvalue weighted by molar-refractivity contribution is -0.184. The van der Waals surface area contributed by atoms with E-state index in [9.17, 15) is 18.3 Å². The number of hydrogen-bond donors (Lipinski definition) is 3. The molecule has 3 aliphatic carbocycles. The molecule has 1 aromatic carbocycles. The first-order valence-corrected chi connectivity index (χ1v) is 11.5. The fourth-order valence-corrected chi connectivity index (χ4v) is 7.05. The van der Waals surface area contributed by atoms with Crippen molar-refractivity contribution in [1.29, 1.82) is 0 Å². The van der Waals surface area contributed by atoms with Gasteiger partial charge in [0.2, 0.25) is 0 Å². The van der Waals surface area contributed by atoms with Gasteiger partial charge in [-0.3, -0.25) is 9.35 Å². The fourth-order valence-electron chi connectivity index (χ4n) is 6.55.